The van der Waals surface area contributed by atoms with Gasteiger partial charge in [0.2, 0.25) is 11.8 Å². The molecule has 156 valence electrons. The van der Waals surface area contributed by atoms with Gasteiger partial charge in [0.15, 0.2) is 17.3 Å². The molecule has 0 aliphatic rings. The van der Waals surface area contributed by atoms with Gasteiger partial charge < -0.3 is 19.2 Å². The summed E-state index contributed by atoms with van der Waals surface area (Å²) in [5.74, 6) is -0.769. The van der Waals surface area contributed by atoms with Crippen LogP contribution in [0.15, 0.2) is 49.1 Å². The van der Waals surface area contributed by atoms with Crippen LogP contribution in [0.2, 0.25) is 0 Å². The number of anilines is 1. The van der Waals surface area contributed by atoms with Crippen molar-refractivity contribution in [3.8, 4) is 11.6 Å². The van der Waals surface area contributed by atoms with Gasteiger partial charge in [-0.25, -0.2) is 18.7 Å². The van der Waals surface area contributed by atoms with E-state index in [0.717, 1.165) is 22.8 Å². The van der Waals surface area contributed by atoms with E-state index in [1.165, 1.54) is 12.4 Å². The molecule has 0 bridgehead atoms. The summed E-state index contributed by atoms with van der Waals surface area (Å²) in [5.41, 5.74) is 4.05. The summed E-state index contributed by atoms with van der Waals surface area (Å²) < 4.78 is 36.2. The number of nitrogens with zero attached hydrogens (tertiary/aromatic N) is 6. The Hall–Kier alpha value is -4.08. The highest BCUT2D eigenvalue weighted by atomic mass is 19.2. The average molecular weight is 421 g/mol. The smallest absolute Gasteiger partial charge is 0.241 e. The summed E-state index contributed by atoms with van der Waals surface area (Å²) in [7, 11) is 3.29. The minimum Gasteiger partial charge on any atom is -0.479 e. The van der Waals surface area contributed by atoms with Crippen molar-refractivity contribution in [3.63, 3.8) is 0 Å². The Balaban J connectivity index is 1.66. The van der Waals surface area contributed by atoms with Crippen molar-refractivity contribution >= 4 is 28.1 Å². The third kappa shape index (κ3) is 3.12. The number of ether oxygens (including phenoxy) is 1. The molecule has 0 radical (unpaired) electrons. The van der Waals surface area contributed by atoms with E-state index in [9.17, 15) is 8.78 Å². The number of hydrogen-bond acceptors (Lipinski definition) is 6. The molecule has 5 rings (SSSR count). The summed E-state index contributed by atoms with van der Waals surface area (Å²) in [6.45, 7) is 0.286. The molecule has 1 N–H and O–H groups in total. The summed E-state index contributed by atoms with van der Waals surface area (Å²) in [6.07, 6.45) is 5.01. The summed E-state index contributed by atoms with van der Waals surface area (Å²) in [6, 6.07) is 7.62. The second kappa shape index (κ2) is 7.31. The van der Waals surface area contributed by atoms with Crippen molar-refractivity contribution in [2.24, 2.45) is 0 Å². The Kier molecular flexibility index (Phi) is 4.46. The van der Waals surface area contributed by atoms with Crippen LogP contribution in [0.5, 0.6) is 5.88 Å². The van der Waals surface area contributed by atoms with Gasteiger partial charge in [-0.3, -0.25) is 0 Å². The van der Waals surface area contributed by atoms with E-state index < -0.39 is 11.6 Å². The summed E-state index contributed by atoms with van der Waals surface area (Å²) >= 11 is 0. The summed E-state index contributed by atoms with van der Waals surface area (Å²) in [4.78, 5) is 17.5. The number of pyridine rings is 1. The van der Waals surface area contributed by atoms with Gasteiger partial charge in [0, 0.05) is 13.2 Å². The van der Waals surface area contributed by atoms with Crippen LogP contribution < -0.4 is 10.1 Å². The maximum atomic E-state index is 13.7. The Bertz CT molecular complexity index is 1430. The zero-order valence-electron chi connectivity index (χ0n) is 16.7. The number of aromatic nitrogens is 6. The van der Waals surface area contributed by atoms with E-state index in [4.69, 9.17) is 4.74 Å². The Morgan fingerprint density at radius 1 is 1.06 bits per heavy atom. The molecule has 8 nitrogen and oxygen atoms in total. The Morgan fingerprint density at radius 2 is 1.94 bits per heavy atom. The molecule has 0 aliphatic heterocycles. The number of fused-ring (bicyclic) bond motifs is 2. The molecule has 1 aromatic carbocycles. The quantitative estimate of drug-likeness (QED) is 0.467. The molecule has 0 spiro atoms. The first-order valence-electron chi connectivity index (χ1n) is 9.43. The van der Waals surface area contributed by atoms with E-state index in [1.54, 1.807) is 26.4 Å². The highest BCUT2D eigenvalue weighted by molar-refractivity contribution is 5.84. The van der Waals surface area contributed by atoms with Crippen LogP contribution in [-0.2, 0) is 6.54 Å². The lowest BCUT2D eigenvalue weighted by Gasteiger charge is -2.11. The molecular formula is C21H17F2N7O. The van der Waals surface area contributed by atoms with Crippen molar-refractivity contribution in [3.05, 3.63) is 66.3 Å². The largest absolute Gasteiger partial charge is 0.479 e. The van der Waals surface area contributed by atoms with Gasteiger partial charge in [0.1, 0.15) is 11.8 Å². The zero-order valence-corrected chi connectivity index (χ0v) is 16.7. The number of methoxy groups -OCH3 is 1. The minimum atomic E-state index is -0.891. The van der Waals surface area contributed by atoms with Gasteiger partial charge in [0.25, 0.3) is 0 Å². The number of benzene rings is 1. The third-order valence-corrected chi connectivity index (χ3v) is 5.05. The van der Waals surface area contributed by atoms with Crippen molar-refractivity contribution in [2.75, 3.05) is 19.5 Å². The van der Waals surface area contributed by atoms with Crippen molar-refractivity contribution < 1.29 is 13.5 Å². The second-order valence-electron chi connectivity index (χ2n) is 6.86. The van der Waals surface area contributed by atoms with Gasteiger partial charge in [-0.05, 0) is 29.8 Å². The van der Waals surface area contributed by atoms with Crippen LogP contribution >= 0.6 is 0 Å². The molecule has 4 heterocycles. The van der Waals surface area contributed by atoms with E-state index in [2.05, 4.69) is 25.3 Å². The molecule has 0 saturated carbocycles. The zero-order chi connectivity index (χ0) is 21.5. The van der Waals surface area contributed by atoms with Crippen LogP contribution in [0.4, 0.5) is 14.7 Å². The van der Waals surface area contributed by atoms with Gasteiger partial charge in [-0.2, -0.15) is 9.97 Å². The lowest BCUT2D eigenvalue weighted by molar-refractivity contribution is 0.401. The molecule has 0 saturated heterocycles. The predicted octanol–water partition coefficient (Wildman–Crippen LogP) is 3.54. The molecule has 0 aliphatic carbocycles. The molecule has 0 atom stereocenters. The van der Waals surface area contributed by atoms with Crippen molar-refractivity contribution in [1.29, 1.82) is 0 Å². The fraction of sp³-hybridized carbons (Fsp3) is 0.143. The highest BCUT2D eigenvalue weighted by Gasteiger charge is 2.16. The van der Waals surface area contributed by atoms with Crippen molar-refractivity contribution in [1.82, 2.24) is 29.1 Å². The maximum absolute atomic E-state index is 13.7. The van der Waals surface area contributed by atoms with Crippen molar-refractivity contribution in [2.45, 2.75) is 6.54 Å². The van der Waals surface area contributed by atoms with Gasteiger partial charge in [-0.15, -0.1) is 0 Å². The first-order valence-corrected chi connectivity index (χ1v) is 9.43. The Morgan fingerprint density at radius 3 is 2.71 bits per heavy atom. The first kappa shape index (κ1) is 18.9. The number of hydrogen-bond donors (Lipinski definition) is 1. The number of rotatable bonds is 5. The van der Waals surface area contributed by atoms with Crippen LogP contribution in [0.1, 0.15) is 5.56 Å². The second-order valence-corrected chi connectivity index (χ2v) is 6.86. The predicted molar refractivity (Wildman–Crippen MR) is 112 cm³/mol. The molecule has 4 aromatic heterocycles. The minimum absolute atomic E-state index is 0.286. The standard InChI is InChI=1S/C21H17F2N7O/c1-24-21-28-19-17(30(21)10-12-3-4-14(22)15(23)7-12)8-13(9-25-19)29-6-5-16-18(29)20(31-2)27-11-26-16/h3-9,11H,10H2,1-2H3,(H,24,25,28). The molecule has 0 unspecified atom stereocenters. The van der Waals surface area contributed by atoms with E-state index >= 15 is 0 Å². The van der Waals surface area contributed by atoms with Gasteiger partial charge in [0.05, 0.1) is 36.6 Å². The lowest BCUT2D eigenvalue weighted by Crippen LogP contribution is -2.06. The van der Waals surface area contributed by atoms with Crippen LogP contribution in [0.25, 0.3) is 27.9 Å². The fourth-order valence-electron chi connectivity index (χ4n) is 3.61. The number of imidazole rings is 1. The molecule has 0 fully saturated rings. The third-order valence-electron chi connectivity index (χ3n) is 5.05. The van der Waals surface area contributed by atoms with Gasteiger partial charge in [-0.1, -0.05) is 6.07 Å². The van der Waals surface area contributed by atoms with Crippen LogP contribution in [-0.4, -0.2) is 43.2 Å². The Labute approximate surface area is 175 Å². The molecule has 5 aromatic rings. The van der Waals surface area contributed by atoms with E-state index in [0.29, 0.717) is 28.6 Å². The first-order chi connectivity index (χ1) is 15.1. The normalized spacial score (nSPS) is 11.4. The lowest BCUT2D eigenvalue weighted by atomic mass is 10.2. The van der Waals surface area contributed by atoms with Crippen LogP contribution in [0, 0.1) is 11.6 Å². The number of nitrogens with one attached hydrogen (secondary N) is 1. The monoisotopic (exact) mass is 421 g/mol. The highest BCUT2D eigenvalue weighted by Crippen LogP contribution is 2.28. The average Bonchev–Trinajstić information content (AvgIpc) is 3.37. The molecular weight excluding hydrogens is 404 g/mol. The fourth-order valence-corrected chi connectivity index (χ4v) is 3.61. The molecule has 0 amide bonds. The van der Waals surface area contributed by atoms with E-state index in [1.807, 2.05) is 27.5 Å². The SMILES string of the molecule is CNc1nc2ncc(-n3ccc4ncnc(OC)c43)cc2n1Cc1ccc(F)c(F)c1. The van der Waals surface area contributed by atoms with Gasteiger partial charge >= 0.3 is 0 Å². The van der Waals surface area contributed by atoms with E-state index in [-0.39, 0.29) is 6.54 Å². The topological polar surface area (TPSA) is 82.7 Å². The maximum Gasteiger partial charge on any atom is 0.241 e. The summed E-state index contributed by atoms with van der Waals surface area (Å²) in [5, 5.41) is 3.03. The molecule has 10 heteroatoms. The van der Waals surface area contributed by atoms with Crippen LogP contribution in [0.3, 0.4) is 0 Å². The number of halogens is 2. The molecule has 31 heavy (non-hydrogen) atoms.